The normalized spacial score (nSPS) is 12.2. The van der Waals surface area contributed by atoms with Crippen LogP contribution in [0.3, 0.4) is 0 Å². The first kappa shape index (κ1) is 28.8. The molecule has 2 aromatic heterocycles. The Kier molecular flexibility index (Phi) is 6.78. The summed E-state index contributed by atoms with van der Waals surface area (Å²) in [4.78, 5) is 1.39. The topological polar surface area (TPSA) is 0 Å². The van der Waals surface area contributed by atoms with Crippen molar-refractivity contribution in [1.82, 2.24) is 0 Å². The van der Waals surface area contributed by atoms with E-state index in [1.165, 1.54) is 22.7 Å². The van der Waals surface area contributed by atoms with Crippen molar-refractivity contribution in [2.24, 2.45) is 0 Å². The molecule has 44 heavy (non-hydrogen) atoms. The van der Waals surface area contributed by atoms with Gasteiger partial charge in [-0.05, 0) is 59.7 Å². The molecule has 12 heteroatoms. The van der Waals surface area contributed by atoms with Gasteiger partial charge in [0.1, 0.15) is 0 Å². The zero-order valence-corrected chi connectivity index (χ0v) is 23.5. The highest BCUT2D eigenvalue weighted by atomic mass is 32.1. The van der Waals surface area contributed by atoms with Crippen LogP contribution < -0.4 is 0 Å². The number of thiophene rings is 2. The third-order valence-electron chi connectivity index (χ3n) is 7.86. The Morgan fingerprint density at radius 2 is 0.705 bits per heavy atom. The van der Waals surface area contributed by atoms with Crippen molar-refractivity contribution in [2.45, 2.75) is 25.7 Å². The Morgan fingerprint density at radius 1 is 0.386 bits per heavy atom. The summed E-state index contributed by atoms with van der Waals surface area (Å²) in [7, 11) is 0. The van der Waals surface area contributed by atoms with Crippen molar-refractivity contribution in [3.05, 3.63) is 115 Å². The van der Waals surface area contributed by atoms with Gasteiger partial charge in [0.25, 0.3) is 0 Å². The second-order valence-electron chi connectivity index (χ2n) is 10.3. The summed E-state index contributed by atoms with van der Waals surface area (Å²) in [6.45, 7) is 0. The number of hydrogen-bond donors (Lipinski definition) is 0. The van der Waals surface area contributed by atoms with E-state index in [1.54, 1.807) is 0 Å². The first-order chi connectivity index (χ1) is 21.0. The Morgan fingerprint density at radius 3 is 1.05 bits per heavy atom. The van der Waals surface area contributed by atoms with Gasteiger partial charge >= 0.3 is 0 Å². The minimum atomic E-state index is -2.20. The van der Waals surface area contributed by atoms with Gasteiger partial charge in [0.2, 0.25) is 11.6 Å². The summed E-state index contributed by atoms with van der Waals surface area (Å²) < 4.78 is 140. The Balaban J connectivity index is 1.17. The average molecular weight is 653 g/mol. The van der Waals surface area contributed by atoms with E-state index in [1.807, 2.05) is 36.4 Å². The maximum atomic E-state index is 14.2. The summed E-state index contributed by atoms with van der Waals surface area (Å²) in [6.07, 6.45) is -0.673. The fraction of sp³-hybridized carbons (Fsp3) is 0.125. The summed E-state index contributed by atoms with van der Waals surface area (Å²) in [5.74, 6) is -19.7. The standard InChI is InChI=1S/C32H14F10S2/c33-21-17(22(34)26(38)29(41)25(21)37)7-3-13-9-11-1-5-15-19(31(11)43-13)16-6-2-12-10-14(44-32(12)20(15)16)4-8-18-23(35)27(39)30(42)28(40)24(18)36/h1-2,5-6,9-10H,3-4,7-8H2. The summed E-state index contributed by atoms with van der Waals surface area (Å²) in [5.41, 5.74) is 2.02. The second-order valence-corrected chi connectivity index (χ2v) is 12.6. The second kappa shape index (κ2) is 10.3. The van der Waals surface area contributed by atoms with Crippen LogP contribution in [0.4, 0.5) is 43.9 Å². The van der Waals surface area contributed by atoms with Crippen molar-refractivity contribution >= 4 is 42.8 Å². The molecule has 4 aromatic carbocycles. The molecule has 0 atom stereocenters. The molecule has 7 rings (SSSR count). The lowest BCUT2D eigenvalue weighted by molar-refractivity contribution is 0.370. The molecule has 0 unspecified atom stereocenters. The average Bonchev–Trinajstić information content (AvgIpc) is 3.61. The van der Waals surface area contributed by atoms with Crippen LogP contribution in [0, 0.1) is 58.2 Å². The predicted octanol–water partition coefficient (Wildman–Crippen LogP) is 10.7. The molecular formula is C32H14F10S2. The Hall–Kier alpha value is -3.90. The van der Waals surface area contributed by atoms with Crippen LogP contribution in [0.5, 0.6) is 0 Å². The Bertz CT molecular complexity index is 1970. The number of rotatable bonds is 6. The molecule has 0 bridgehead atoms. The Labute approximate surface area is 249 Å². The lowest BCUT2D eigenvalue weighted by Gasteiger charge is -2.25. The maximum absolute atomic E-state index is 14.2. The van der Waals surface area contributed by atoms with E-state index in [-0.39, 0.29) is 25.7 Å². The van der Waals surface area contributed by atoms with E-state index < -0.39 is 69.3 Å². The zero-order valence-electron chi connectivity index (χ0n) is 21.9. The molecule has 6 aromatic rings. The van der Waals surface area contributed by atoms with Gasteiger partial charge in [-0.25, -0.2) is 43.9 Å². The van der Waals surface area contributed by atoms with Gasteiger partial charge in [0, 0.05) is 41.4 Å². The first-order valence-corrected chi connectivity index (χ1v) is 14.7. The van der Waals surface area contributed by atoms with Gasteiger partial charge < -0.3 is 0 Å². The molecule has 0 radical (unpaired) electrons. The molecule has 1 aliphatic rings. The minimum Gasteiger partial charge on any atom is -0.203 e. The van der Waals surface area contributed by atoms with Crippen LogP contribution in [0.2, 0.25) is 0 Å². The van der Waals surface area contributed by atoms with Crippen LogP contribution in [0.1, 0.15) is 20.9 Å². The molecule has 0 saturated heterocycles. The van der Waals surface area contributed by atoms with Crippen molar-refractivity contribution in [3.8, 4) is 22.3 Å². The minimum absolute atomic E-state index is 0.0513. The van der Waals surface area contributed by atoms with Crippen LogP contribution in [0.25, 0.3) is 42.4 Å². The molecular weight excluding hydrogens is 638 g/mol. The fourth-order valence-electron chi connectivity index (χ4n) is 5.68. The number of halogens is 10. The third kappa shape index (κ3) is 4.17. The van der Waals surface area contributed by atoms with E-state index >= 15 is 0 Å². The highest BCUT2D eigenvalue weighted by Gasteiger charge is 2.30. The van der Waals surface area contributed by atoms with Gasteiger partial charge in [-0.3, -0.25) is 0 Å². The number of hydrogen-bond acceptors (Lipinski definition) is 2. The monoisotopic (exact) mass is 652 g/mol. The predicted molar refractivity (Wildman–Crippen MR) is 149 cm³/mol. The molecule has 0 spiro atoms. The molecule has 0 saturated carbocycles. The molecule has 0 aliphatic heterocycles. The molecule has 224 valence electrons. The van der Waals surface area contributed by atoms with Gasteiger partial charge in [-0.2, -0.15) is 0 Å². The molecule has 0 N–H and O–H groups in total. The molecule has 0 amide bonds. The SMILES string of the molecule is Fc1c(F)c(F)c(CCc2cc3ccc4c(c3s2)-c2ccc3cc(CCc5c(F)c(F)c(F)c(F)c5F)sc3c2-4)c(F)c1F. The summed E-state index contributed by atoms with van der Waals surface area (Å²) in [6, 6.07) is 11.2. The molecule has 2 heterocycles. The largest absolute Gasteiger partial charge is 0.203 e. The molecule has 0 nitrogen and oxygen atoms in total. The van der Waals surface area contributed by atoms with Gasteiger partial charge in [0.15, 0.2) is 46.5 Å². The molecule has 1 aliphatic carbocycles. The lowest BCUT2D eigenvalue weighted by Crippen LogP contribution is -2.08. The van der Waals surface area contributed by atoms with Crippen LogP contribution in [-0.4, -0.2) is 0 Å². The van der Waals surface area contributed by atoms with Crippen molar-refractivity contribution in [3.63, 3.8) is 0 Å². The number of aryl methyl sites for hydroxylation is 2. The lowest BCUT2D eigenvalue weighted by atomic mass is 9.79. The van der Waals surface area contributed by atoms with E-state index in [2.05, 4.69) is 0 Å². The van der Waals surface area contributed by atoms with Crippen LogP contribution in [0.15, 0.2) is 36.4 Å². The van der Waals surface area contributed by atoms with Crippen molar-refractivity contribution < 1.29 is 43.9 Å². The zero-order chi connectivity index (χ0) is 31.2. The maximum Gasteiger partial charge on any atom is 0.200 e. The highest BCUT2D eigenvalue weighted by Crippen LogP contribution is 2.56. The highest BCUT2D eigenvalue weighted by molar-refractivity contribution is 7.20. The first-order valence-electron chi connectivity index (χ1n) is 13.1. The van der Waals surface area contributed by atoms with E-state index in [9.17, 15) is 43.9 Å². The summed E-state index contributed by atoms with van der Waals surface area (Å²) in [5, 5.41) is 1.70. The van der Waals surface area contributed by atoms with Crippen molar-refractivity contribution in [2.75, 3.05) is 0 Å². The fourth-order valence-corrected chi connectivity index (χ4v) is 8.12. The van der Waals surface area contributed by atoms with Gasteiger partial charge in [0.05, 0.1) is 0 Å². The third-order valence-corrected chi connectivity index (χ3v) is 10.3. The van der Waals surface area contributed by atoms with E-state index in [4.69, 9.17) is 0 Å². The quantitative estimate of drug-likeness (QED) is 0.0953. The van der Waals surface area contributed by atoms with Gasteiger partial charge in [-0.1, -0.05) is 24.3 Å². The van der Waals surface area contributed by atoms with E-state index in [0.29, 0.717) is 9.75 Å². The summed E-state index contributed by atoms with van der Waals surface area (Å²) >= 11 is 2.71. The number of benzene rings is 4. The van der Waals surface area contributed by atoms with Crippen LogP contribution >= 0.6 is 22.7 Å². The van der Waals surface area contributed by atoms with Crippen LogP contribution in [-0.2, 0) is 25.7 Å². The molecule has 0 fully saturated rings. The van der Waals surface area contributed by atoms with Crippen molar-refractivity contribution in [1.29, 1.82) is 0 Å². The van der Waals surface area contributed by atoms with Gasteiger partial charge in [-0.15, -0.1) is 22.7 Å². The number of fused-ring (bicyclic) bond motifs is 8. The van der Waals surface area contributed by atoms with E-state index in [0.717, 1.165) is 42.4 Å². The smallest absolute Gasteiger partial charge is 0.200 e.